The molecule has 0 atom stereocenters. The van der Waals surface area contributed by atoms with Crippen LogP contribution in [0.25, 0.3) is 89.2 Å². The third kappa shape index (κ3) is 5.62. The molecule has 1 aromatic heterocycles. The van der Waals surface area contributed by atoms with Gasteiger partial charge in [0.1, 0.15) is 0 Å². The van der Waals surface area contributed by atoms with Crippen LogP contribution in [0.5, 0.6) is 0 Å². The predicted octanol–water partition coefficient (Wildman–Crippen LogP) is 13.2. The Hall–Kier alpha value is -6.90. The van der Waals surface area contributed by atoms with Gasteiger partial charge in [-0.15, -0.1) is 0 Å². The van der Waals surface area contributed by atoms with Crippen LogP contribution in [-0.2, 0) is 6.42 Å². The van der Waals surface area contributed by atoms with E-state index >= 15 is 0 Å². The van der Waals surface area contributed by atoms with Crippen molar-refractivity contribution < 1.29 is 0 Å². The summed E-state index contributed by atoms with van der Waals surface area (Å²) in [5.74, 6) is 0.726. The Morgan fingerprint density at radius 1 is 0.302 bits per heavy atom. The lowest BCUT2D eigenvalue weighted by Gasteiger charge is -2.13. The van der Waals surface area contributed by atoms with Crippen LogP contribution < -0.4 is 0 Å². The van der Waals surface area contributed by atoms with Gasteiger partial charge in [-0.3, -0.25) is 0 Å². The molecule has 0 saturated carbocycles. The van der Waals surface area contributed by atoms with Gasteiger partial charge in [0.25, 0.3) is 0 Å². The largest absolute Gasteiger partial charge is 0.228 e. The standard InChI is InChI=1S/C51H34N2/c1-4-13-34(14-5-1)36-23-27-39(28-24-36)50-44-19-10-11-22-49(44)52-51(53-50)40-29-25-38(26-30-40)42-20-12-21-43-46-32-41(35-15-6-2-7-16-35)31-45(48(46)33-47(42)43)37-17-8-3-9-18-37/h1-32H,33H2. The van der Waals surface area contributed by atoms with E-state index in [0.29, 0.717) is 0 Å². The molecule has 2 nitrogen and oxygen atoms in total. The van der Waals surface area contributed by atoms with Gasteiger partial charge < -0.3 is 0 Å². The van der Waals surface area contributed by atoms with E-state index in [1.807, 2.05) is 12.1 Å². The number of hydrogen-bond acceptors (Lipinski definition) is 2. The zero-order valence-corrected chi connectivity index (χ0v) is 29.1. The highest BCUT2D eigenvalue weighted by Gasteiger charge is 2.26. The van der Waals surface area contributed by atoms with Crippen LogP contribution in [-0.4, -0.2) is 9.97 Å². The summed E-state index contributed by atoms with van der Waals surface area (Å²) in [6, 6.07) is 69.4. The SMILES string of the molecule is c1ccc(-c2ccc(-c3nc(-c4ccc(-c5cccc6c5Cc5c(-c7ccccc7)cc(-c7ccccc7)cc5-6)cc4)nc4ccccc34)cc2)cc1. The molecule has 0 N–H and O–H groups in total. The summed E-state index contributed by atoms with van der Waals surface area (Å²) in [5, 5.41) is 1.05. The molecule has 0 bridgehead atoms. The van der Waals surface area contributed by atoms with E-state index < -0.39 is 0 Å². The molecule has 8 aromatic carbocycles. The first kappa shape index (κ1) is 30.9. The third-order valence-corrected chi connectivity index (χ3v) is 10.6. The fraction of sp³-hybridized carbons (Fsp3) is 0.0196. The van der Waals surface area contributed by atoms with Gasteiger partial charge in [-0.2, -0.15) is 0 Å². The smallest absolute Gasteiger partial charge is 0.160 e. The molecule has 0 unspecified atom stereocenters. The number of aromatic nitrogens is 2. The van der Waals surface area contributed by atoms with Crippen LogP contribution >= 0.6 is 0 Å². The second kappa shape index (κ2) is 13.0. The number of hydrogen-bond donors (Lipinski definition) is 0. The summed E-state index contributed by atoms with van der Waals surface area (Å²) in [6.07, 6.45) is 0.891. The second-order valence-corrected chi connectivity index (χ2v) is 13.7. The first-order chi connectivity index (χ1) is 26.3. The maximum atomic E-state index is 5.19. The first-order valence-corrected chi connectivity index (χ1v) is 18.2. The van der Waals surface area contributed by atoms with Crippen molar-refractivity contribution in [3.05, 3.63) is 205 Å². The van der Waals surface area contributed by atoms with Crippen molar-refractivity contribution in [3.63, 3.8) is 0 Å². The van der Waals surface area contributed by atoms with Crippen molar-refractivity contribution in [3.8, 4) is 78.3 Å². The van der Waals surface area contributed by atoms with E-state index in [4.69, 9.17) is 9.97 Å². The predicted molar refractivity (Wildman–Crippen MR) is 220 cm³/mol. The molecule has 1 aliphatic rings. The molecule has 2 heteroatoms. The molecule has 0 saturated heterocycles. The fourth-order valence-corrected chi connectivity index (χ4v) is 7.93. The molecular weight excluding hydrogens is 641 g/mol. The van der Waals surface area contributed by atoms with E-state index in [9.17, 15) is 0 Å². The summed E-state index contributed by atoms with van der Waals surface area (Å²) < 4.78 is 0. The Labute approximate surface area is 309 Å². The van der Waals surface area contributed by atoms with Gasteiger partial charge in [0, 0.05) is 16.5 Å². The fourth-order valence-electron chi connectivity index (χ4n) is 7.93. The van der Waals surface area contributed by atoms with Gasteiger partial charge in [-0.05, 0) is 91.4 Å². The lowest BCUT2D eigenvalue weighted by Crippen LogP contribution is -1.95. The van der Waals surface area contributed by atoms with E-state index in [-0.39, 0.29) is 0 Å². The molecule has 53 heavy (non-hydrogen) atoms. The average molecular weight is 675 g/mol. The lowest BCUT2D eigenvalue weighted by atomic mass is 9.91. The van der Waals surface area contributed by atoms with Gasteiger partial charge in [0.05, 0.1) is 11.2 Å². The minimum Gasteiger partial charge on any atom is -0.228 e. The second-order valence-electron chi connectivity index (χ2n) is 13.7. The number of fused-ring (bicyclic) bond motifs is 4. The zero-order chi connectivity index (χ0) is 35.1. The van der Waals surface area contributed by atoms with Crippen molar-refractivity contribution in [2.45, 2.75) is 6.42 Å². The van der Waals surface area contributed by atoms with Crippen LogP contribution in [0.3, 0.4) is 0 Å². The molecule has 0 fully saturated rings. The van der Waals surface area contributed by atoms with Crippen molar-refractivity contribution in [2.24, 2.45) is 0 Å². The Kier molecular flexibility index (Phi) is 7.58. The number of para-hydroxylation sites is 1. The molecule has 1 aliphatic carbocycles. The van der Waals surface area contributed by atoms with Crippen LogP contribution in [0.1, 0.15) is 11.1 Å². The van der Waals surface area contributed by atoms with E-state index in [1.54, 1.807) is 0 Å². The summed E-state index contributed by atoms with van der Waals surface area (Å²) in [5.41, 5.74) is 19.2. The van der Waals surface area contributed by atoms with Gasteiger partial charge in [-0.25, -0.2) is 9.97 Å². The molecule has 10 rings (SSSR count). The maximum Gasteiger partial charge on any atom is 0.160 e. The van der Waals surface area contributed by atoms with Crippen molar-refractivity contribution in [1.29, 1.82) is 0 Å². The quantitative estimate of drug-likeness (QED) is 0.175. The molecule has 9 aromatic rings. The number of nitrogens with zero attached hydrogens (tertiary/aromatic N) is 2. The van der Waals surface area contributed by atoms with Crippen molar-refractivity contribution >= 4 is 10.9 Å². The zero-order valence-electron chi connectivity index (χ0n) is 29.1. The molecular formula is C51H34N2. The highest BCUT2D eigenvalue weighted by Crippen LogP contribution is 2.47. The Balaban J connectivity index is 1.02. The van der Waals surface area contributed by atoms with Gasteiger partial charge >= 0.3 is 0 Å². The molecule has 0 amide bonds. The first-order valence-electron chi connectivity index (χ1n) is 18.2. The minimum absolute atomic E-state index is 0.726. The van der Waals surface area contributed by atoms with E-state index in [0.717, 1.165) is 40.0 Å². The summed E-state index contributed by atoms with van der Waals surface area (Å²) in [7, 11) is 0. The molecule has 0 spiro atoms. The maximum absolute atomic E-state index is 5.19. The Morgan fingerprint density at radius 2 is 0.792 bits per heavy atom. The average Bonchev–Trinajstić information content (AvgIpc) is 3.63. The molecule has 0 radical (unpaired) electrons. The van der Waals surface area contributed by atoms with Gasteiger partial charge in [0.15, 0.2) is 5.82 Å². The van der Waals surface area contributed by atoms with E-state index in [1.165, 1.54) is 66.8 Å². The van der Waals surface area contributed by atoms with Crippen LogP contribution in [0, 0.1) is 0 Å². The van der Waals surface area contributed by atoms with Crippen LogP contribution in [0.4, 0.5) is 0 Å². The van der Waals surface area contributed by atoms with Crippen molar-refractivity contribution in [1.82, 2.24) is 9.97 Å². The van der Waals surface area contributed by atoms with E-state index in [2.05, 4.69) is 182 Å². The normalized spacial score (nSPS) is 11.7. The molecule has 0 aliphatic heterocycles. The van der Waals surface area contributed by atoms with Crippen LogP contribution in [0.15, 0.2) is 194 Å². The lowest BCUT2D eigenvalue weighted by molar-refractivity contribution is 1.23. The number of rotatable bonds is 6. The Bertz CT molecular complexity index is 2750. The van der Waals surface area contributed by atoms with Gasteiger partial charge in [-0.1, -0.05) is 176 Å². The third-order valence-electron chi connectivity index (χ3n) is 10.6. The topological polar surface area (TPSA) is 25.8 Å². The highest BCUT2D eigenvalue weighted by atomic mass is 14.9. The van der Waals surface area contributed by atoms with Gasteiger partial charge in [0.2, 0.25) is 0 Å². The molecule has 248 valence electrons. The minimum atomic E-state index is 0.726. The molecule has 1 heterocycles. The van der Waals surface area contributed by atoms with Crippen molar-refractivity contribution in [2.75, 3.05) is 0 Å². The van der Waals surface area contributed by atoms with Crippen LogP contribution in [0.2, 0.25) is 0 Å². The highest BCUT2D eigenvalue weighted by molar-refractivity contribution is 5.95. The summed E-state index contributed by atoms with van der Waals surface area (Å²) in [4.78, 5) is 10.2. The summed E-state index contributed by atoms with van der Waals surface area (Å²) >= 11 is 0. The summed E-state index contributed by atoms with van der Waals surface area (Å²) in [6.45, 7) is 0. The number of benzene rings is 8. The monoisotopic (exact) mass is 674 g/mol. The Morgan fingerprint density at radius 3 is 1.51 bits per heavy atom.